The highest BCUT2D eigenvalue weighted by Crippen LogP contribution is 2.16. The fraction of sp³-hybridized carbons (Fsp3) is 0.933. The van der Waals surface area contributed by atoms with Crippen molar-refractivity contribution in [1.82, 2.24) is 4.90 Å². The number of nitrogens with zero attached hydrogens (tertiary/aromatic N) is 1. The Morgan fingerprint density at radius 3 is 2.21 bits per heavy atom. The van der Waals surface area contributed by atoms with Crippen LogP contribution in [0.3, 0.4) is 0 Å². The Bertz CT molecular complexity index is 238. The molecule has 0 aliphatic rings. The summed E-state index contributed by atoms with van der Waals surface area (Å²) in [5.41, 5.74) is 0. The molecule has 1 unspecified atom stereocenters. The maximum Gasteiger partial charge on any atom is 0.410 e. The smallest absolute Gasteiger partial charge is 0.410 e. The molecule has 0 aromatic carbocycles. The zero-order valence-electron chi connectivity index (χ0n) is 13.2. The Labute approximate surface area is 118 Å². The molecule has 0 aliphatic heterocycles. The van der Waals surface area contributed by atoms with Gasteiger partial charge >= 0.3 is 6.09 Å². The van der Waals surface area contributed by atoms with Crippen molar-refractivity contribution in [3.8, 4) is 0 Å². The lowest BCUT2D eigenvalue weighted by Gasteiger charge is -2.32. The van der Waals surface area contributed by atoms with Crippen molar-refractivity contribution >= 4 is 6.09 Å². The van der Waals surface area contributed by atoms with E-state index in [-0.39, 0.29) is 24.8 Å². The highest BCUT2D eigenvalue weighted by molar-refractivity contribution is 5.68. The number of hydrogen-bond donors (Lipinski definition) is 1. The second kappa shape index (κ2) is 10.1. The Morgan fingerprint density at radius 1 is 1.16 bits per heavy atom. The van der Waals surface area contributed by atoms with Crippen LogP contribution in [0.4, 0.5) is 4.79 Å². The summed E-state index contributed by atoms with van der Waals surface area (Å²) in [7, 11) is 0. The minimum atomic E-state index is -0.241. The topological polar surface area (TPSA) is 49.8 Å². The number of carbonyl (C=O) groups is 1. The summed E-state index contributed by atoms with van der Waals surface area (Å²) in [5.74, 6) is 0.315. The van der Waals surface area contributed by atoms with Gasteiger partial charge in [0.15, 0.2) is 0 Å². The van der Waals surface area contributed by atoms with Crippen LogP contribution in [-0.2, 0) is 4.74 Å². The van der Waals surface area contributed by atoms with E-state index in [2.05, 4.69) is 6.92 Å². The molecule has 1 N–H and O–H groups in total. The van der Waals surface area contributed by atoms with Gasteiger partial charge in [0.2, 0.25) is 0 Å². The molecule has 0 aromatic rings. The van der Waals surface area contributed by atoms with Gasteiger partial charge in [-0.3, -0.25) is 0 Å². The van der Waals surface area contributed by atoms with E-state index < -0.39 is 0 Å². The van der Waals surface area contributed by atoms with Gasteiger partial charge in [0, 0.05) is 19.2 Å². The van der Waals surface area contributed by atoms with E-state index >= 15 is 0 Å². The van der Waals surface area contributed by atoms with Crippen LogP contribution in [0, 0.1) is 5.92 Å². The number of ether oxygens (including phenoxy) is 1. The van der Waals surface area contributed by atoms with Gasteiger partial charge in [-0.1, -0.05) is 34.1 Å². The molecule has 0 spiro atoms. The molecule has 0 fully saturated rings. The minimum absolute atomic E-state index is 0.0803. The van der Waals surface area contributed by atoms with Gasteiger partial charge in [0.25, 0.3) is 0 Å². The molecule has 114 valence electrons. The van der Waals surface area contributed by atoms with Crippen molar-refractivity contribution in [2.24, 2.45) is 5.92 Å². The number of carbonyl (C=O) groups excluding carboxylic acids is 1. The Balaban J connectivity index is 4.69. The van der Waals surface area contributed by atoms with Gasteiger partial charge in [-0.25, -0.2) is 4.79 Å². The zero-order valence-corrected chi connectivity index (χ0v) is 13.2. The average molecular weight is 273 g/mol. The summed E-state index contributed by atoms with van der Waals surface area (Å²) in [4.78, 5) is 14.1. The standard InChI is InChI=1S/C15H31NO3/c1-6-8-14(9-11-17)16(10-7-2)15(18)19-13(5)12(3)4/h12-14,17H,6-11H2,1-5H3/t13?,14-/m0/s1. The first kappa shape index (κ1) is 18.2. The van der Waals surface area contributed by atoms with E-state index in [9.17, 15) is 4.79 Å². The molecule has 4 heteroatoms. The van der Waals surface area contributed by atoms with Gasteiger partial charge in [-0.2, -0.15) is 0 Å². The third-order valence-corrected chi connectivity index (χ3v) is 3.45. The van der Waals surface area contributed by atoms with Crippen LogP contribution in [-0.4, -0.2) is 41.4 Å². The average Bonchev–Trinajstić information content (AvgIpc) is 2.35. The second-order valence-corrected chi connectivity index (χ2v) is 5.48. The first-order chi connectivity index (χ1) is 8.97. The molecule has 0 aromatic heterocycles. The zero-order chi connectivity index (χ0) is 14.8. The fourth-order valence-electron chi connectivity index (χ4n) is 1.96. The maximum atomic E-state index is 12.3. The van der Waals surface area contributed by atoms with Crippen LogP contribution in [0.1, 0.15) is 60.3 Å². The lowest BCUT2D eigenvalue weighted by molar-refractivity contribution is 0.0353. The number of aliphatic hydroxyl groups is 1. The van der Waals surface area contributed by atoms with Crippen molar-refractivity contribution in [3.05, 3.63) is 0 Å². The maximum absolute atomic E-state index is 12.3. The Morgan fingerprint density at radius 2 is 1.79 bits per heavy atom. The minimum Gasteiger partial charge on any atom is -0.446 e. The molecular formula is C15H31NO3. The van der Waals surface area contributed by atoms with E-state index in [1.54, 1.807) is 4.90 Å². The van der Waals surface area contributed by atoms with Gasteiger partial charge in [0.05, 0.1) is 0 Å². The van der Waals surface area contributed by atoms with E-state index in [0.717, 1.165) is 19.3 Å². The summed E-state index contributed by atoms with van der Waals surface area (Å²) in [5, 5.41) is 9.15. The highest BCUT2D eigenvalue weighted by Gasteiger charge is 2.25. The van der Waals surface area contributed by atoms with Gasteiger partial charge in [-0.05, 0) is 32.1 Å². The second-order valence-electron chi connectivity index (χ2n) is 5.48. The Kier molecular flexibility index (Phi) is 9.66. The first-order valence-corrected chi connectivity index (χ1v) is 7.55. The molecule has 4 nitrogen and oxygen atoms in total. The molecular weight excluding hydrogens is 242 g/mol. The van der Waals surface area contributed by atoms with E-state index in [4.69, 9.17) is 9.84 Å². The molecule has 0 bridgehead atoms. The first-order valence-electron chi connectivity index (χ1n) is 7.55. The van der Waals surface area contributed by atoms with Crippen LogP contribution in [0.5, 0.6) is 0 Å². The third-order valence-electron chi connectivity index (χ3n) is 3.45. The number of rotatable bonds is 9. The van der Waals surface area contributed by atoms with Gasteiger partial charge in [0.1, 0.15) is 6.10 Å². The molecule has 0 saturated carbocycles. The predicted octanol–water partition coefficient (Wildman–Crippen LogP) is 3.43. The monoisotopic (exact) mass is 273 g/mol. The highest BCUT2D eigenvalue weighted by atomic mass is 16.6. The lowest BCUT2D eigenvalue weighted by atomic mass is 10.1. The van der Waals surface area contributed by atoms with E-state index in [1.807, 2.05) is 27.7 Å². The van der Waals surface area contributed by atoms with Crippen molar-refractivity contribution in [3.63, 3.8) is 0 Å². The molecule has 0 rings (SSSR count). The van der Waals surface area contributed by atoms with Gasteiger partial charge in [-0.15, -0.1) is 0 Å². The third kappa shape index (κ3) is 6.81. The number of hydrogen-bond acceptors (Lipinski definition) is 3. The molecule has 0 radical (unpaired) electrons. The van der Waals surface area contributed by atoms with Crippen LogP contribution in [0.25, 0.3) is 0 Å². The van der Waals surface area contributed by atoms with Crippen molar-refractivity contribution in [1.29, 1.82) is 0 Å². The van der Waals surface area contributed by atoms with Crippen LogP contribution >= 0.6 is 0 Å². The predicted molar refractivity (Wildman–Crippen MR) is 78.2 cm³/mol. The van der Waals surface area contributed by atoms with Crippen molar-refractivity contribution in [2.45, 2.75) is 72.4 Å². The summed E-state index contributed by atoms with van der Waals surface area (Å²) in [6, 6.07) is 0.0850. The molecule has 0 aliphatic carbocycles. The summed E-state index contributed by atoms with van der Waals surface area (Å²) in [6.45, 7) is 10.9. The SMILES string of the molecule is CCC[C@@H](CCO)N(CCC)C(=O)OC(C)C(C)C. The number of aliphatic hydroxyl groups excluding tert-OH is 1. The van der Waals surface area contributed by atoms with Gasteiger partial charge < -0.3 is 14.7 Å². The summed E-state index contributed by atoms with van der Waals surface area (Å²) in [6.07, 6.45) is 3.11. The molecule has 2 atom stereocenters. The summed E-state index contributed by atoms with van der Waals surface area (Å²) < 4.78 is 5.51. The molecule has 1 amide bonds. The van der Waals surface area contributed by atoms with E-state index in [1.165, 1.54) is 0 Å². The van der Waals surface area contributed by atoms with E-state index in [0.29, 0.717) is 18.9 Å². The summed E-state index contributed by atoms with van der Waals surface area (Å²) >= 11 is 0. The fourth-order valence-corrected chi connectivity index (χ4v) is 1.96. The lowest BCUT2D eigenvalue weighted by Crippen LogP contribution is -2.43. The number of amides is 1. The van der Waals surface area contributed by atoms with Crippen molar-refractivity contribution in [2.75, 3.05) is 13.2 Å². The van der Waals surface area contributed by atoms with Crippen LogP contribution in [0.15, 0.2) is 0 Å². The molecule has 0 saturated heterocycles. The Hall–Kier alpha value is -0.770. The normalized spacial score (nSPS) is 14.3. The largest absolute Gasteiger partial charge is 0.446 e. The molecule has 19 heavy (non-hydrogen) atoms. The van der Waals surface area contributed by atoms with Crippen molar-refractivity contribution < 1.29 is 14.6 Å². The van der Waals surface area contributed by atoms with Crippen LogP contribution in [0.2, 0.25) is 0 Å². The molecule has 0 heterocycles. The van der Waals surface area contributed by atoms with Crippen LogP contribution < -0.4 is 0 Å². The quantitative estimate of drug-likeness (QED) is 0.700.